The standard InChI is InChI=1S/C19H29F2N5O/c1-2-6-24-7-5-16(14-24)26-10-8-25(9-11-26)15-3-4-17(22-12-15)19(27)23-13-18(20)21/h3-4,12,16,18H,2,5-11,13-14H2,1H3,(H,23,27). The maximum atomic E-state index is 12.2. The number of nitrogens with one attached hydrogen (secondary N) is 1. The van der Waals surface area contributed by atoms with Crippen LogP contribution >= 0.6 is 0 Å². The number of halogens is 2. The van der Waals surface area contributed by atoms with Crippen molar-refractivity contribution in [1.29, 1.82) is 0 Å². The molecule has 2 aliphatic heterocycles. The molecule has 3 heterocycles. The minimum Gasteiger partial charge on any atom is -0.368 e. The van der Waals surface area contributed by atoms with Crippen molar-refractivity contribution in [1.82, 2.24) is 20.1 Å². The fourth-order valence-corrected chi connectivity index (χ4v) is 3.94. The van der Waals surface area contributed by atoms with Crippen molar-refractivity contribution in [3.63, 3.8) is 0 Å². The van der Waals surface area contributed by atoms with E-state index in [0.717, 1.165) is 31.9 Å². The molecule has 0 aliphatic carbocycles. The number of anilines is 1. The molecule has 1 aromatic heterocycles. The molecule has 27 heavy (non-hydrogen) atoms. The summed E-state index contributed by atoms with van der Waals surface area (Å²) >= 11 is 0. The Morgan fingerprint density at radius 3 is 2.67 bits per heavy atom. The fourth-order valence-electron chi connectivity index (χ4n) is 3.94. The number of aromatic nitrogens is 1. The summed E-state index contributed by atoms with van der Waals surface area (Å²) in [4.78, 5) is 23.3. The van der Waals surface area contributed by atoms with E-state index in [-0.39, 0.29) is 5.69 Å². The van der Waals surface area contributed by atoms with Crippen LogP contribution in [0.1, 0.15) is 30.3 Å². The third kappa shape index (κ3) is 5.35. The molecule has 2 saturated heterocycles. The summed E-state index contributed by atoms with van der Waals surface area (Å²) in [5.74, 6) is -0.565. The van der Waals surface area contributed by atoms with Crippen molar-refractivity contribution < 1.29 is 13.6 Å². The number of alkyl halides is 2. The summed E-state index contributed by atoms with van der Waals surface area (Å²) in [6, 6.07) is 4.11. The third-order valence-electron chi connectivity index (χ3n) is 5.38. The minimum atomic E-state index is -2.56. The average Bonchev–Trinajstić information content (AvgIpc) is 3.15. The molecule has 3 rings (SSSR count). The van der Waals surface area contributed by atoms with Crippen LogP contribution in [0.4, 0.5) is 14.5 Å². The Morgan fingerprint density at radius 1 is 1.26 bits per heavy atom. The van der Waals surface area contributed by atoms with Gasteiger partial charge in [-0.2, -0.15) is 0 Å². The molecule has 1 amide bonds. The molecule has 2 fully saturated rings. The number of piperazine rings is 1. The van der Waals surface area contributed by atoms with Crippen LogP contribution in [0.2, 0.25) is 0 Å². The van der Waals surface area contributed by atoms with E-state index in [1.165, 1.54) is 32.5 Å². The highest BCUT2D eigenvalue weighted by molar-refractivity contribution is 5.92. The lowest BCUT2D eigenvalue weighted by molar-refractivity contribution is 0.0887. The van der Waals surface area contributed by atoms with Gasteiger partial charge in [0.15, 0.2) is 0 Å². The molecule has 0 saturated carbocycles. The highest BCUT2D eigenvalue weighted by Gasteiger charge is 2.29. The van der Waals surface area contributed by atoms with Gasteiger partial charge in [0.2, 0.25) is 0 Å². The molecule has 2 aliphatic rings. The molecular formula is C19H29F2N5O. The molecule has 0 radical (unpaired) electrons. The van der Waals surface area contributed by atoms with Gasteiger partial charge in [0.1, 0.15) is 5.69 Å². The Labute approximate surface area is 159 Å². The van der Waals surface area contributed by atoms with Gasteiger partial charge in [-0.15, -0.1) is 0 Å². The van der Waals surface area contributed by atoms with Gasteiger partial charge in [0.25, 0.3) is 12.3 Å². The first-order valence-corrected chi connectivity index (χ1v) is 9.80. The Balaban J connectivity index is 1.47. The summed E-state index contributed by atoms with van der Waals surface area (Å²) in [5, 5.41) is 2.17. The maximum absolute atomic E-state index is 12.2. The number of carbonyl (C=O) groups excluding carboxylic acids is 1. The van der Waals surface area contributed by atoms with Gasteiger partial charge in [-0.05, 0) is 38.1 Å². The lowest BCUT2D eigenvalue weighted by atomic mass is 10.2. The number of rotatable bonds is 7. The highest BCUT2D eigenvalue weighted by atomic mass is 19.3. The van der Waals surface area contributed by atoms with Crippen LogP contribution in [0.3, 0.4) is 0 Å². The van der Waals surface area contributed by atoms with Gasteiger partial charge in [-0.25, -0.2) is 13.8 Å². The normalized spacial score (nSPS) is 21.8. The highest BCUT2D eigenvalue weighted by Crippen LogP contribution is 2.20. The lowest BCUT2D eigenvalue weighted by Crippen LogP contribution is -2.51. The first-order valence-electron chi connectivity index (χ1n) is 9.80. The summed E-state index contributed by atoms with van der Waals surface area (Å²) in [6.07, 6.45) is 1.57. The SMILES string of the molecule is CCCN1CCC(N2CCN(c3ccc(C(=O)NCC(F)F)nc3)CC2)C1. The lowest BCUT2D eigenvalue weighted by Gasteiger charge is -2.39. The zero-order valence-electron chi connectivity index (χ0n) is 15.9. The van der Waals surface area contributed by atoms with E-state index >= 15 is 0 Å². The van der Waals surface area contributed by atoms with E-state index in [9.17, 15) is 13.6 Å². The van der Waals surface area contributed by atoms with Crippen molar-refractivity contribution in [3.05, 3.63) is 24.0 Å². The maximum Gasteiger partial charge on any atom is 0.270 e. The molecule has 8 heteroatoms. The van der Waals surface area contributed by atoms with Crippen molar-refractivity contribution in [2.45, 2.75) is 32.2 Å². The molecule has 0 bridgehead atoms. The van der Waals surface area contributed by atoms with Crippen molar-refractivity contribution in [3.8, 4) is 0 Å². The summed E-state index contributed by atoms with van der Waals surface area (Å²) in [7, 11) is 0. The Kier molecular flexibility index (Phi) is 6.95. The number of carbonyl (C=O) groups is 1. The van der Waals surface area contributed by atoms with Gasteiger partial charge in [0, 0.05) is 38.8 Å². The minimum absolute atomic E-state index is 0.167. The van der Waals surface area contributed by atoms with Gasteiger partial charge >= 0.3 is 0 Å². The number of hydrogen-bond donors (Lipinski definition) is 1. The monoisotopic (exact) mass is 381 g/mol. The van der Waals surface area contributed by atoms with E-state index < -0.39 is 18.9 Å². The molecule has 0 aromatic carbocycles. The average molecular weight is 381 g/mol. The zero-order chi connectivity index (χ0) is 19.2. The fraction of sp³-hybridized carbons (Fsp3) is 0.684. The van der Waals surface area contributed by atoms with Crippen LogP contribution in [0.15, 0.2) is 18.3 Å². The molecule has 1 aromatic rings. The number of amides is 1. The largest absolute Gasteiger partial charge is 0.368 e. The van der Waals surface area contributed by atoms with Crippen molar-refractivity contribution in [2.24, 2.45) is 0 Å². The van der Waals surface area contributed by atoms with Crippen LogP contribution in [-0.4, -0.2) is 85.5 Å². The quantitative estimate of drug-likeness (QED) is 0.779. The number of nitrogens with zero attached hydrogens (tertiary/aromatic N) is 4. The molecule has 150 valence electrons. The van der Waals surface area contributed by atoms with Crippen LogP contribution in [-0.2, 0) is 0 Å². The predicted octanol–water partition coefficient (Wildman–Crippen LogP) is 1.68. The van der Waals surface area contributed by atoms with E-state index in [2.05, 4.69) is 31.9 Å². The summed E-state index contributed by atoms with van der Waals surface area (Å²) in [5.41, 5.74) is 1.14. The van der Waals surface area contributed by atoms with Gasteiger partial charge in [-0.3, -0.25) is 9.69 Å². The second-order valence-electron chi connectivity index (χ2n) is 7.27. The summed E-state index contributed by atoms with van der Waals surface area (Å²) in [6.45, 7) is 9.08. The van der Waals surface area contributed by atoms with E-state index in [0.29, 0.717) is 6.04 Å². The molecule has 1 N–H and O–H groups in total. The molecule has 0 spiro atoms. The molecular weight excluding hydrogens is 352 g/mol. The first kappa shape index (κ1) is 19.9. The molecule has 1 atom stereocenters. The number of likely N-dealkylation sites (tertiary alicyclic amines) is 1. The zero-order valence-corrected chi connectivity index (χ0v) is 15.9. The van der Waals surface area contributed by atoms with Crippen LogP contribution in [0.25, 0.3) is 0 Å². The summed E-state index contributed by atoms with van der Waals surface area (Å²) < 4.78 is 24.3. The Hall–Kier alpha value is -1.80. The Bertz CT molecular complexity index is 605. The van der Waals surface area contributed by atoms with Gasteiger partial charge < -0.3 is 15.1 Å². The van der Waals surface area contributed by atoms with Crippen molar-refractivity contribution >= 4 is 11.6 Å². The van der Waals surface area contributed by atoms with E-state index in [1.54, 1.807) is 12.3 Å². The van der Waals surface area contributed by atoms with Gasteiger partial charge in [-0.1, -0.05) is 6.92 Å². The molecule has 1 unspecified atom stereocenters. The van der Waals surface area contributed by atoms with Crippen LogP contribution in [0, 0.1) is 0 Å². The third-order valence-corrected chi connectivity index (χ3v) is 5.38. The smallest absolute Gasteiger partial charge is 0.270 e. The topological polar surface area (TPSA) is 51.7 Å². The predicted molar refractivity (Wildman–Crippen MR) is 101 cm³/mol. The second-order valence-corrected chi connectivity index (χ2v) is 7.27. The first-order chi connectivity index (χ1) is 13.1. The van der Waals surface area contributed by atoms with Crippen LogP contribution < -0.4 is 10.2 Å². The Morgan fingerprint density at radius 2 is 2.04 bits per heavy atom. The van der Waals surface area contributed by atoms with E-state index in [4.69, 9.17) is 0 Å². The number of hydrogen-bond acceptors (Lipinski definition) is 5. The van der Waals surface area contributed by atoms with E-state index in [1.807, 2.05) is 6.07 Å². The molecule has 6 nitrogen and oxygen atoms in total. The van der Waals surface area contributed by atoms with Crippen LogP contribution in [0.5, 0.6) is 0 Å². The van der Waals surface area contributed by atoms with Crippen molar-refractivity contribution in [2.75, 3.05) is 57.3 Å². The van der Waals surface area contributed by atoms with Gasteiger partial charge in [0.05, 0.1) is 18.4 Å². The second kappa shape index (κ2) is 9.41. The number of pyridine rings is 1.